The van der Waals surface area contributed by atoms with Crippen LogP contribution in [0.4, 0.5) is 14.6 Å². The molecule has 0 spiro atoms. The van der Waals surface area contributed by atoms with Gasteiger partial charge in [0.15, 0.2) is 5.69 Å². The van der Waals surface area contributed by atoms with E-state index in [0.717, 1.165) is 11.3 Å². The lowest BCUT2D eigenvalue weighted by atomic mass is 9.92. The predicted molar refractivity (Wildman–Crippen MR) is 84.2 cm³/mol. The summed E-state index contributed by atoms with van der Waals surface area (Å²) < 4.78 is 28.0. The molecular formula is C16H18F2N6. The first kappa shape index (κ1) is 16.3. The summed E-state index contributed by atoms with van der Waals surface area (Å²) in [6.07, 6.45) is 2.30. The zero-order chi connectivity index (χ0) is 17.3. The molecule has 0 aromatic carbocycles. The van der Waals surface area contributed by atoms with Gasteiger partial charge in [-0.25, -0.2) is 18.4 Å². The second-order valence-corrected chi connectivity index (χ2v) is 6.19. The lowest BCUT2D eigenvalue weighted by Gasteiger charge is -2.29. The van der Waals surface area contributed by atoms with Gasteiger partial charge in [-0.3, -0.25) is 0 Å². The summed E-state index contributed by atoms with van der Waals surface area (Å²) in [5, 5.41) is 16.4. The van der Waals surface area contributed by atoms with E-state index >= 15 is 0 Å². The first-order valence-corrected chi connectivity index (χ1v) is 7.83. The molecule has 0 bridgehead atoms. The van der Waals surface area contributed by atoms with Crippen LogP contribution >= 0.6 is 0 Å². The maximum absolute atomic E-state index is 13.2. The Balaban J connectivity index is 1.80. The number of anilines is 1. The summed E-state index contributed by atoms with van der Waals surface area (Å²) >= 11 is 0. The van der Waals surface area contributed by atoms with Gasteiger partial charge in [-0.05, 0) is 26.7 Å². The van der Waals surface area contributed by atoms with Crippen molar-refractivity contribution in [2.24, 2.45) is 0 Å². The molecule has 6 nitrogen and oxygen atoms in total. The Hall–Kier alpha value is -2.56. The van der Waals surface area contributed by atoms with E-state index in [9.17, 15) is 8.78 Å². The van der Waals surface area contributed by atoms with E-state index in [4.69, 9.17) is 5.26 Å². The smallest absolute Gasteiger partial charge is 0.252 e. The molecule has 8 heteroatoms. The monoisotopic (exact) mass is 332 g/mol. The van der Waals surface area contributed by atoms with Crippen LogP contribution in [0.15, 0.2) is 12.3 Å². The molecule has 2 aromatic rings. The minimum atomic E-state index is -2.55. The molecule has 24 heavy (non-hydrogen) atoms. The summed E-state index contributed by atoms with van der Waals surface area (Å²) in [5.41, 5.74) is 1.80. The number of rotatable bonds is 3. The van der Waals surface area contributed by atoms with Crippen molar-refractivity contribution in [1.82, 2.24) is 19.7 Å². The van der Waals surface area contributed by atoms with Gasteiger partial charge in [0.2, 0.25) is 5.92 Å². The van der Waals surface area contributed by atoms with E-state index in [1.165, 1.54) is 4.68 Å². The zero-order valence-electron chi connectivity index (χ0n) is 13.6. The van der Waals surface area contributed by atoms with Gasteiger partial charge >= 0.3 is 0 Å². The van der Waals surface area contributed by atoms with Gasteiger partial charge in [-0.1, -0.05) is 0 Å². The van der Waals surface area contributed by atoms with Crippen molar-refractivity contribution in [2.75, 3.05) is 5.32 Å². The number of nitriles is 1. The van der Waals surface area contributed by atoms with Crippen LogP contribution < -0.4 is 5.32 Å². The number of hydrogen-bond acceptors (Lipinski definition) is 5. The minimum Gasteiger partial charge on any atom is -0.367 e. The van der Waals surface area contributed by atoms with Gasteiger partial charge in [0.1, 0.15) is 11.9 Å². The minimum absolute atomic E-state index is 0.0270. The van der Waals surface area contributed by atoms with Gasteiger partial charge in [-0.2, -0.15) is 15.3 Å². The third kappa shape index (κ3) is 3.50. The fourth-order valence-corrected chi connectivity index (χ4v) is 2.80. The normalized spacial score (nSPS) is 17.5. The summed E-state index contributed by atoms with van der Waals surface area (Å²) in [4.78, 5) is 8.73. The highest BCUT2D eigenvalue weighted by Crippen LogP contribution is 2.34. The fraction of sp³-hybridized carbons (Fsp3) is 0.500. The summed E-state index contributed by atoms with van der Waals surface area (Å²) in [6.45, 7) is 3.62. The van der Waals surface area contributed by atoms with Crippen molar-refractivity contribution in [2.45, 2.75) is 51.5 Å². The van der Waals surface area contributed by atoms with Gasteiger partial charge < -0.3 is 5.32 Å². The van der Waals surface area contributed by atoms with Crippen molar-refractivity contribution in [3.8, 4) is 12.0 Å². The number of aromatic nitrogens is 4. The molecular weight excluding hydrogens is 314 g/mol. The molecule has 2 aromatic heterocycles. The number of alkyl halides is 2. The maximum atomic E-state index is 13.2. The van der Waals surface area contributed by atoms with Crippen LogP contribution in [0.3, 0.4) is 0 Å². The lowest BCUT2D eigenvalue weighted by Crippen LogP contribution is -2.32. The standard InChI is InChI=1S/C16H18F2N6/c1-10-9-24(23-13(10)8-19)15-20-11(2)7-14(22-15)21-12-3-5-16(17,18)6-4-12/h7,9,12H,3-6H2,1-2H3,(H,20,21,22). The first-order valence-electron chi connectivity index (χ1n) is 7.83. The molecule has 126 valence electrons. The molecule has 0 radical (unpaired) electrons. The number of nitrogens with one attached hydrogen (secondary N) is 1. The highest BCUT2D eigenvalue weighted by Gasteiger charge is 2.34. The maximum Gasteiger partial charge on any atom is 0.252 e. The van der Waals surface area contributed by atoms with Gasteiger partial charge in [0, 0.05) is 42.4 Å². The molecule has 1 aliphatic rings. The van der Waals surface area contributed by atoms with Crippen molar-refractivity contribution in [1.29, 1.82) is 5.26 Å². The van der Waals surface area contributed by atoms with Crippen LogP contribution in [0.5, 0.6) is 0 Å². The average molecular weight is 332 g/mol. The molecule has 0 amide bonds. The first-order chi connectivity index (χ1) is 11.4. The quantitative estimate of drug-likeness (QED) is 0.934. The van der Waals surface area contributed by atoms with Crippen LogP contribution in [-0.4, -0.2) is 31.7 Å². The van der Waals surface area contributed by atoms with E-state index < -0.39 is 5.92 Å². The van der Waals surface area contributed by atoms with Crippen molar-refractivity contribution in [3.63, 3.8) is 0 Å². The predicted octanol–water partition coefficient (Wildman–Crippen LogP) is 3.14. The molecule has 0 aliphatic heterocycles. The SMILES string of the molecule is Cc1cc(NC2CCC(F)(F)CC2)nc(-n2cc(C)c(C#N)n2)n1. The molecule has 0 atom stereocenters. The van der Waals surface area contributed by atoms with Crippen molar-refractivity contribution in [3.05, 3.63) is 29.2 Å². The third-order valence-corrected chi connectivity index (χ3v) is 4.12. The van der Waals surface area contributed by atoms with E-state index in [1.807, 2.05) is 13.0 Å². The summed E-state index contributed by atoms with van der Waals surface area (Å²) in [7, 11) is 0. The summed E-state index contributed by atoms with van der Waals surface area (Å²) in [5.74, 6) is -1.62. The molecule has 0 saturated heterocycles. The van der Waals surface area contributed by atoms with Crippen molar-refractivity contribution < 1.29 is 8.78 Å². The Labute approximate surface area is 138 Å². The molecule has 0 unspecified atom stereocenters. The second kappa shape index (κ2) is 6.15. The largest absolute Gasteiger partial charge is 0.367 e. The van der Waals surface area contributed by atoms with E-state index in [2.05, 4.69) is 20.4 Å². The Bertz CT molecular complexity index is 782. The number of halogens is 2. The molecule has 1 aliphatic carbocycles. The Morgan fingerprint density at radius 2 is 2.00 bits per heavy atom. The van der Waals surface area contributed by atoms with E-state index in [0.29, 0.717) is 30.3 Å². The molecule has 2 heterocycles. The number of hydrogen-bond donors (Lipinski definition) is 1. The van der Waals surface area contributed by atoms with E-state index in [-0.39, 0.29) is 18.9 Å². The third-order valence-electron chi connectivity index (χ3n) is 4.12. The Morgan fingerprint density at radius 1 is 1.29 bits per heavy atom. The number of nitrogens with zero attached hydrogens (tertiary/aromatic N) is 5. The average Bonchev–Trinajstić information content (AvgIpc) is 2.90. The molecule has 3 rings (SSSR count). The molecule has 1 fully saturated rings. The Morgan fingerprint density at radius 3 is 2.62 bits per heavy atom. The van der Waals surface area contributed by atoms with E-state index in [1.54, 1.807) is 19.2 Å². The molecule has 1 saturated carbocycles. The molecule has 1 N–H and O–H groups in total. The fourth-order valence-electron chi connectivity index (χ4n) is 2.80. The van der Waals surface area contributed by atoms with Gasteiger partial charge in [0.25, 0.3) is 5.95 Å². The van der Waals surface area contributed by atoms with Crippen LogP contribution in [-0.2, 0) is 0 Å². The van der Waals surface area contributed by atoms with Gasteiger partial charge in [0.05, 0.1) is 0 Å². The Kier molecular flexibility index (Phi) is 4.18. The highest BCUT2D eigenvalue weighted by molar-refractivity contribution is 5.40. The second-order valence-electron chi connectivity index (χ2n) is 6.19. The van der Waals surface area contributed by atoms with Crippen LogP contribution in [0, 0.1) is 25.2 Å². The summed E-state index contributed by atoms with van der Waals surface area (Å²) in [6, 6.07) is 3.76. The number of aryl methyl sites for hydroxylation is 2. The zero-order valence-corrected chi connectivity index (χ0v) is 13.6. The van der Waals surface area contributed by atoms with Crippen LogP contribution in [0.25, 0.3) is 5.95 Å². The van der Waals surface area contributed by atoms with Crippen LogP contribution in [0.2, 0.25) is 0 Å². The van der Waals surface area contributed by atoms with Gasteiger partial charge in [-0.15, -0.1) is 0 Å². The van der Waals surface area contributed by atoms with Crippen LogP contribution in [0.1, 0.15) is 42.6 Å². The van der Waals surface area contributed by atoms with Crippen molar-refractivity contribution >= 4 is 5.82 Å². The lowest BCUT2D eigenvalue weighted by molar-refractivity contribution is -0.0361. The highest BCUT2D eigenvalue weighted by atomic mass is 19.3. The topological polar surface area (TPSA) is 79.4 Å².